The van der Waals surface area contributed by atoms with E-state index in [2.05, 4.69) is 10.0 Å². The second-order valence-electron chi connectivity index (χ2n) is 3.30. The van der Waals surface area contributed by atoms with Crippen molar-refractivity contribution in [2.24, 2.45) is 5.11 Å². The van der Waals surface area contributed by atoms with Gasteiger partial charge in [0.25, 0.3) is 0 Å². The van der Waals surface area contributed by atoms with Crippen LogP contribution in [0.25, 0.3) is 10.4 Å². The van der Waals surface area contributed by atoms with Crippen LogP contribution >= 0.6 is 0 Å². The first kappa shape index (κ1) is 11.3. The molecule has 0 aliphatic carbocycles. The maximum Gasteiger partial charge on any atom is 0.151 e. The van der Waals surface area contributed by atoms with Gasteiger partial charge in [0.2, 0.25) is 0 Å². The second-order valence-corrected chi connectivity index (χ2v) is 5.61. The molecule has 0 bridgehead atoms. The van der Waals surface area contributed by atoms with Gasteiger partial charge in [-0.3, -0.25) is 0 Å². The molecule has 1 fully saturated rings. The summed E-state index contributed by atoms with van der Waals surface area (Å²) in [6.07, 6.45) is 0.679. The lowest BCUT2D eigenvalue weighted by Crippen LogP contribution is -2.29. The molecule has 1 rings (SSSR count). The molecule has 0 aromatic carbocycles. The molecule has 1 aliphatic heterocycles. The normalized spacial score (nSPS) is 22.3. The molecular formula is C7H14N4O2S. The molecule has 0 saturated carbocycles. The fourth-order valence-corrected chi connectivity index (χ4v) is 2.75. The Morgan fingerprint density at radius 1 is 1.36 bits per heavy atom. The van der Waals surface area contributed by atoms with Crippen molar-refractivity contribution in [3.63, 3.8) is 0 Å². The Balaban J connectivity index is 2.38. The van der Waals surface area contributed by atoms with Gasteiger partial charge in [-0.05, 0) is 18.5 Å². The Labute approximate surface area is 83.4 Å². The average Bonchev–Trinajstić information content (AvgIpc) is 2.28. The Morgan fingerprint density at radius 2 is 2.14 bits per heavy atom. The van der Waals surface area contributed by atoms with Gasteiger partial charge in [0.05, 0.1) is 11.5 Å². The zero-order valence-electron chi connectivity index (χ0n) is 7.96. The van der Waals surface area contributed by atoms with Crippen molar-refractivity contribution in [3.05, 3.63) is 10.4 Å². The van der Waals surface area contributed by atoms with Crippen LogP contribution in [0, 0.1) is 0 Å². The van der Waals surface area contributed by atoms with Gasteiger partial charge in [0.15, 0.2) is 9.84 Å². The van der Waals surface area contributed by atoms with Crippen molar-refractivity contribution in [1.82, 2.24) is 4.90 Å². The van der Waals surface area contributed by atoms with Crippen molar-refractivity contribution in [3.8, 4) is 0 Å². The Kier molecular flexibility index (Phi) is 4.19. The summed E-state index contributed by atoms with van der Waals surface area (Å²) in [6.45, 7) is 2.40. The molecular weight excluding hydrogens is 204 g/mol. The lowest BCUT2D eigenvalue weighted by atomic mass is 10.4. The minimum absolute atomic E-state index is 0.225. The van der Waals surface area contributed by atoms with Gasteiger partial charge >= 0.3 is 0 Å². The first-order valence-corrected chi connectivity index (χ1v) is 6.40. The van der Waals surface area contributed by atoms with Crippen LogP contribution in [0.1, 0.15) is 6.42 Å². The van der Waals surface area contributed by atoms with Crippen LogP contribution in [0.5, 0.6) is 0 Å². The van der Waals surface area contributed by atoms with E-state index in [1.165, 1.54) is 0 Å². The minimum Gasteiger partial charge on any atom is -0.302 e. The number of sulfone groups is 1. The number of hydrogen-bond donors (Lipinski definition) is 0. The quantitative estimate of drug-likeness (QED) is 0.390. The third kappa shape index (κ3) is 3.95. The highest BCUT2D eigenvalue weighted by Gasteiger charge is 2.18. The highest BCUT2D eigenvalue weighted by atomic mass is 32.2. The summed E-state index contributed by atoms with van der Waals surface area (Å²) in [5.41, 5.74) is 8.08. The fourth-order valence-electron chi connectivity index (χ4n) is 1.44. The van der Waals surface area contributed by atoms with Gasteiger partial charge in [0.1, 0.15) is 0 Å². The maximum absolute atomic E-state index is 11.2. The number of nitrogens with zero attached hydrogens (tertiary/aromatic N) is 4. The molecule has 0 spiro atoms. The lowest BCUT2D eigenvalue weighted by molar-refractivity contribution is 0.303. The van der Waals surface area contributed by atoms with Crippen LogP contribution in [0.4, 0.5) is 0 Å². The van der Waals surface area contributed by atoms with E-state index >= 15 is 0 Å². The molecule has 7 heteroatoms. The van der Waals surface area contributed by atoms with Crippen molar-refractivity contribution < 1.29 is 8.42 Å². The molecule has 0 unspecified atom stereocenters. The van der Waals surface area contributed by atoms with E-state index in [0.29, 0.717) is 26.1 Å². The van der Waals surface area contributed by atoms with Gasteiger partial charge in [0, 0.05) is 24.5 Å². The molecule has 0 aromatic rings. The Hall–Kier alpha value is -0.780. The number of rotatable bonds is 3. The van der Waals surface area contributed by atoms with E-state index in [-0.39, 0.29) is 11.5 Å². The molecule has 0 amide bonds. The molecule has 14 heavy (non-hydrogen) atoms. The second kappa shape index (κ2) is 5.19. The summed E-state index contributed by atoms with van der Waals surface area (Å²) in [6, 6.07) is 0. The van der Waals surface area contributed by atoms with Gasteiger partial charge in [-0.25, -0.2) is 8.42 Å². The summed E-state index contributed by atoms with van der Waals surface area (Å²) in [7, 11) is -2.83. The van der Waals surface area contributed by atoms with E-state index in [1.54, 1.807) is 0 Å². The van der Waals surface area contributed by atoms with Crippen molar-refractivity contribution in [2.45, 2.75) is 6.42 Å². The Morgan fingerprint density at radius 3 is 2.86 bits per heavy atom. The standard InChI is InChI=1S/C7H14N4O2S/c8-10-9-2-4-11-3-1-6-14(12,13)7-5-11/h1-7H2. The fraction of sp³-hybridized carbons (Fsp3) is 1.00. The summed E-state index contributed by atoms with van der Waals surface area (Å²) in [4.78, 5) is 4.68. The van der Waals surface area contributed by atoms with Crippen molar-refractivity contribution >= 4 is 9.84 Å². The highest BCUT2D eigenvalue weighted by Crippen LogP contribution is 2.04. The smallest absolute Gasteiger partial charge is 0.151 e. The first-order valence-electron chi connectivity index (χ1n) is 4.58. The van der Waals surface area contributed by atoms with Crippen molar-refractivity contribution in [1.29, 1.82) is 0 Å². The zero-order chi connectivity index (χ0) is 10.4. The number of azide groups is 1. The monoisotopic (exact) mass is 218 g/mol. The largest absolute Gasteiger partial charge is 0.302 e. The topological polar surface area (TPSA) is 86.1 Å². The summed E-state index contributed by atoms with van der Waals surface area (Å²) < 4.78 is 22.5. The summed E-state index contributed by atoms with van der Waals surface area (Å²) in [5, 5.41) is 3.42. The molecule has 1 saturated heterocycles. The first-order chi connectivity index (χ1) is 6.64. The SMILES string of the molecule is [N-]=[N+]=NCCN1CCCS(=O)(=O)CC1. The minimum atomic E-state index is -2.83. The van der Waals surface area contributed by atoms with Crippen molar-refractivity contribution in [2.75, 3.05) is 37.7 Å². The molecule has 0 atom stereocenters. The lowest BCUT2D eigenvalue weighted by Gasteiger charge is -2.17. The van der Waals surface area contributed by atoms with Crippen LogP contribution in [0.3, 0.4) is 0 Å². The molecule has 6 nitrogen and oxygen atoms in total. The molecule has 1 aliphatic rings. The van der Waals surface area contributed by atoms with Crippen LogP contribution in [0.15, 0.2) is 5.11 Å². The van der Waals surface area contributed by atoms with Crippen LogP contribution in [-0.4, -0.2) is 51.0 Å². The third-order valence-electron chi connectivity index (χ3n) is 2.23. The average molecular weight is 218 g/mol. The van der Waals surface area contributed by atoms with E-state index in [9.17, 15) is 8.42 Å². The van der Waals surface area contributed by atoms with Crippen LogP contribution < -0.4 is 0 Å². The van der Waals surface area contributed by atoms with Crippen LogP contribution in [0.2, 0.25) is 0 Å². The maximum atomic E-state index is 11.2. The van der Waals surface area contributed by atoms with E-state index in [0.717, 1.165) is 6.54 Å². The molecule has 80 valence electrons. The van der Waals surface area contributed by atoms with Crippen LogP contribution in [-0.2, 0) is 9.84 Å². The van der Waals surface area contributed by atoms with Gasteiger partial charge in [-0.1, -0.05) is 5.11 Å². The zero-order valence-corrected chi connectivity index (χ0v) is 8.78. The molecule has 1 heterocycles. The van der Waals surface area contributed by atoms with E-state index < -0.39 is 9.84 Å². The molecule has 0 aromatic heterocycles. The van der Waals surface area contributed by atoms with E-state index in [4.69, 9.17) is 5.53 Å². The third-order valence-corrected chi connectivity index (χ3v) is 3.94. The highest BCUT2D eigenvalue weighted by molar-refractivity contribution is 7.91. The van der Waals surface area contributed by atoms with Gasteiger partial charge < -0.3 is 4.90 Å². The van der Waals surface area contributed by atoms with Gasteiger partial charge in [-0.2, -0.15) is 0 Å². The Bertz CT molecular complexity index is 321. The number of hydrogen-bond acceptors (Lipinski definition) is 4. The molecule has 0 N–H and O–H groups in total. The van der Waals surface area contributed by atoms with E-state index in [1.807, 2.05) is 4.90 Å². The summed E-state index contributed by atoms with van der Waals surface area (Å²) in [5.74, 6) is 0.508. The summed E-state index contributed by atoms with van der Waals surface area (Å²) >= 11 is 0. The van der Waals surface area contributed by atoms with Gasteiger partial charge in [-0.15, -0.1) is 0 Å². The predicted molar refractivity (Wildman–Crippen MR) is 53.7 cm³/mol. The predicted octanol–water partition coefficient (Wildman–Crippen LogP) is 0.417. The molecule has 0 radical (unpaired) electrons.